The SMILES string of the molecule is CC(C)(C)c1ccc(C(=O)C[n+]2cccc(Cl)n2)cc1. The first-order valence-electron chi connectivity index (χ1n) is 6.52. The van der Waals surface area contributed by atoms with E-state index in [0.29, 0.717) is 10.7 Å². The number of halogens is 1. The van der Waals surface area contributed by atoms with E-state index in [4.69, 9.17) is 11.6 Å². The fourth-order valence-corrected chi connectivity index (χ4v) is 2.06. The van der Waals surface area contributed by atoms with Crippen LogP contribution in [0.3, 0.4) is 0 Å². The maximum Gasteiger partial charge on any atom is 0.236 e. The zero-order valence-electron chi connectivity index (χ0n) is 11.9. The minimum atomic E-state index is 0.0187. The zero-order valence-corrected chi connectivity index (χ0v) is 12.7. The monoisotopic (exact) mass is 289 g/mol. The molecule has 0 aliphatic rings. The van der Waals surface area contributed by atoms with Crippen LogP contribution in [0.2, 0.25) is 5.15 Å². The zero-order chi connectivity index (χ0) is 14.8. The van der Waals surface area contributed by atoms with Gasteiger partial charge in [0.25, 0.3) is 0 Å². The number of Topliss-reactive ketones (excluding diaryl/α,β-unsaturated/α-hetero) is 1. The molecule has 0 fully saturated rings. The summed E-state index contributed by atoms with van der Waals surface area (Å²) in [5.74, 6) is 0.0187. The highest BCUT2D eigenvalue weighted by Gasteiger charge is 2.17. The van der Waals surface area contributed by atoms with E-state index in [9.17, 15) is 4.79 Å². The van der Waals surface area contributed by atoms with Crippen LogP contribution in [0.5, 0.6) is 0 Å². The Morgan fingerprint density at radius 2 is 1.85 bits per heavy atom. The van der Waals surface area contributed by atoms with Gasteiger partial charge in [0.1, 0.15) is 0 Å². The van der Waals surface area contributed by atoms with E-state index in [1.165, 1.54) is 5.56 Å². The van der Waals surface area contributed by atoms with Gasteiger partial charge in [-0.2, -0.15) is 0 Å². The molecule has 1 aromatic carbocycles. The van der Waals surface area contributed by atoms with Crippen molar-refractivity contribution in [3.05, 3.63) is 58.9 Å². The molecule has 4 heteroatoms. The molecule has 20 heavy (non-hydrogen) atoms. The van der Waals surface area contributed by atoms with Crippen molar-refractivity contribution in [3.63, 3.8) is 0 Å². The second kappa shape index (κ2) is 5.71. The molecule has 3 nitrogen and oxygen atoms in total. The van der Waals surface area contributed by atoms with Gasteiger partial charge in [-0.1, -0.05) is 61.3 Å². The number of hydrogen-bond acceptors (Lipinski definition) is 2. The Labute approximate surface area is 124 Å². The van der Waals surface area contributed by atoms with Crippen LogP contribution < -0.4 is 4.68 Å². The van der Waals surface area contributed by atoms with Crippen molar-refractivity contribution >= 4 is 17.4 Å². The van der Waals surface area contributed by atoms with Gasteiger partial charge in [-0.3, -0.25) is 4.79 Å². The number of nitrogens with zero attached hydrogens (tertiary/aromatic N) is 2. The molecular formula is C16H18ClN2O+. The first-order chi connectivity index (χ1) is 9.36. The van der Waals surface area contributed by atoms with Gasteiger partial charge in [-0.25, -0.2) is 0 Å². The third kappa shape index (κ3) is 3.64. The fourth-order valence-electron chi connectivity index (χ4n) is 1.89. The van der Waals surface area contributed by atoms with Crippen molar-refractivity contribution in [2.24, 2.45) is 0 Å². The Morgan fingerprint density at radius 3 is 2.40 bits per heavy atom. The minimum absolute atomic E-state index is 0.0187. The summed E-state index contributed by atoms with van der Waals surface area (Å²) in [5, 5.41) is 4.43. The van der Waals surface area contributed by atoms with Crippen LogP contribution in [0.1, 0.15) is 36.7 Å². The lowest BCUT2D eigenvalue weighted by Crippen LogP contribution is -2.41. The van der Waals surface area contributed by atoms with E-state index in [2.05, 4.69) is 25.9 Å². The molecule has 0 N–H and O–H groups in total. The van der Waals surface area contributed by atoms with E-state index in [-0.39, 0.29) is 17.7 Å². The highest BCUT2D eigenvalue weighted by Crippen LogP contribution is 2.22. The molecule has 0 unspecified atom stereocenters. The molecule has 0 spiro atoms. The van der Waals surface area contributed by atoms with Crippen LogP contribution >= 0.6 is 11.6 Å². The van der Waals surface area contributed by atoms with E-state index < -0.39 is 0 Å². The molecule has 104 valence electrons. The minimum Gasteiger partial charge on any atom is -0.287 e. The lowest BCUT2D eigenvalue weighted by atomic mass is 9.86. The summed E-state index contributed by atoms with van der Waals surface area (Å²) < 4.78 is 1.54. The van der Waals surface area contributed by atoms with Crippen LogP contribution in [-0.4, -0.2) is 10.9 Å². The number of hydrogen-bond donors (Lipinski definition) is 0. The molecule has 1 heterocycles. The molecule has 0 saturated heterocycles. The van der Waals surface area contributed by atoms with Gasteiger partial charge in [0, 0.05) is 16.7 Å². The van der Waals surface area contributed by atoms with E-state index >= 15 is 0 Å². The van der Waals surface area contributed by atoms with Gasteiger partial charge < -0.3 is 0 Å². The molecule has 0 saturated carbocycles. The third-order valence-electron chi connectivity index (χ3n) is 3.09. The quantitative estimate of drug-likeness (QED) is 0.642. The van der Waals surface area contributed by atoms with Crippen molar-refractivity contribution in [1.29, 1.82) is 0 Å². The van der Waals surface area contributed by atoms with Crippen molar-refractivity contribution in [1.82, 2.24) is 5.10 Å². The normalized spacial score (nSPS) is 11.4. The number of aromatic nitrogens is 2. The second-order valence-corrected chi connectivity index (χ2v) is 6.17. The van der Waals surface area contributed by atoms with Crippen LogP contribution in [0.4, 0.5) is 0 Å². The number of benzene rings is 1. The summed E-state index contributed by atoms with van der Waals surface area (Å²) in [4.78, 5) is 12.2. The average Bonchev–Trinajstić information content (AvgIpc) is 2.38. The van der Waals surface area contributed by atoms with Crippen LogP contribution in [0, 0.1) is 0 Å². The Balaban J connectivity index is 2.14. The maximum absolute atomic E-state index is 12.2. The Bertz CT molecular complexity index is 615. The second-order valence-electron chi connectivity index (χ2n) is 5.78. The van der Waals surface area contributed by atoms with Crippen LogP contribution in [-0.2, 0) is 12.0 Å². The summed E-state index contributed by atoms with van der Waals surface area (Å²) >= 11 is 5.80. The highest BCUT2D eigenvalue weighted by atomic mass is 35.5. The lowest BCUT2D eigenvalue weighted by molar-refractivity contribution is -0.741. The molecule has 1 aromatic heterocycles. The molecule has 0 radical (unpaired) electrons. The third-order valence-corrected chi connectivity index (χ3v) is 3.30. The Kier molecular flexibility index (Phi) is 4.19. The molecular weight excluding hydrogens is 272 g/mol. The number of carbonyl (C=O) groups is 1. The molecule has 0 aliphatic carbocycles. The highest BCUT2D eigenvalue weighted by molar-refractivity contribution is 6.29. The molecule has 0 aliphatic heterocycles. The summed E-state index contributed by atoms with van der Waals surface area (Å²) in [5.41, 5.74) is 1.99. The van der Waals surface area contributed by atoms with Crippen molar-refractivity contribution in [2.45, 2.75) is 32.7 Å². The molecule has 0 bridgehead atoms. The lowest BCUT2D eigenvalue weighted by Gasteiger charge is -2.18. The van der Waals surface area contributed by atoms with E-state index in [1.807, 2.05) is 24.3 Å². The van der Waals surface area contributed by atoms with Crippen molar-refractivity contribution < 1.29 is 9.48 Å². The number of ketones is 1. The van der Waals surface area contributed by atoms with E-state index in [1.54, 1.807) is 23.0 Å². The Morgan fingerprint density at radius 1 is 1.20 bits per heavy atom. The van der Waals surface area contributed by atoms with Crippen molar-refractivity contribution in [3.8, 4) is 0 Å². The van der Waals surface area contributed by atoms with Crippen molar-refractivity contribution in [2.75, 3.05) is 0 Å². The van der Waals surface area contributed by atoms with Gasteiger partial charge >= 0.3 is 0 Å². The summed E-state index contributed by atoms with van der Waals surface area (Å²) in [6, 6.07) is 11.2. The Hall–Kier alpha value is -1.74. The molecule has 2 aromatic rings. The first-order valence-corrected chi connectivity index (χ1v) is 6.90. The summed E-state index contributed by atoms with van der Waals surface area (Å²) in [6.07, 6.45) is 1.73. The standard InChI is InChI=1S/C16H18ClN2O/c1-16(2,3)13-8-6-12(7-9-13)14(20)11-19-10-4-5-15(17)18-19/h4-10H,11H2,1-3H3/q+1. The smallest absolute Gasteiger partial charge is 0.236 e. The molecule has 0 atom stereocenters. The summed E-state index contributed by atoms with van der Waals surface area (Å²) in [7, 11) is 0. The molecule has 2 rings (SSSR count). The van der Waals surface area contributed by atoms with Gasteiger partial charge in [-0.15, -0.1) is 0 Å². The number of rotatable bonds is 3. The number of carbonyl (C=O) groups excluding carboxylic acids is 1. The maximum atomic E-state index is 12.2. The summed E-state index contributed by atoms with van der Waals surface area (Å²) in [6.45, 7) is 6.64. The topological polar surface area (TPSA) is 33.8 Å². The van der Waals surface area contributed by atoms with Gasteiger partial charge in [-0.05, 0) is 17.0 Å². The van der Waals surface area contributed by atoms with Gasteiger partial charge in [0.2, 0.25) is 12.3 Å². The fraction of sp³-hybridized carbons (Fsp3) is 0.312. The van der Waals surface area contributed by atoms with Crippen LogP contribution in [0.15, 0.2) is 42.6 Å². The van der Waals surface area contributed by atoms with E-state index in [0.717, 1.165) is 0 Å². The molecule has 0 amide bonds. The van der Waals surface area contributed by atoms with Gasteiger partial charge in [0.15, 0.2) is 11.3 Å². The van der Waals surface area contributed by atoms with Crippen LogP contribution in [0.25, 0.3) is 0 Å². The predicted octanol–water partition coefficient (Wildman–Crippen LogP) is 3.20. The van der Waals surface area contributed by atoms with Gasteiger partial charge in [0.05, 0.1) is 0 Å². The largest absolute Gasteiger partial charge is 0.287 e. The predicted molar refractivity (Wildman–Crippen MR) is 78.9 cm³/mol. The first kappa shape index (κ1) is 14.7. The average molecular weight is 290 g/mol.